The average molecular weight is 477 g/mol. The molecule has 0 radical (unpaired) electrons. The minimum atomic E-state index is -0.642. The lowest BCUT2D eigenvalue weighted by atomic mass is 10.2. The summed E-state index contributed by atoms with van der Waals surface area (Å²) < 4.78 is 5.03. The van der Waals surface area contributed by atoms with Crippen LogP contribution in [0.3, 0.4) is 0 Å². The molecule has 12 nitrogen and oxygen atoms in total. The Bertz CT molecular complexity index is 873. The standard InChI is InChI=1S/C22H32N6O6/c1-4-5-14-33-19(29)10-12-23-21(31)25-18-11-13-28(20(18)30)17-8-6-16(7-9-17)15-24-26-34-22(32)27(2)3/h6-9,18H,4-5,10-15H2,1-3H3,(H2,23,25,31)/t18-/m0/s1. The molecule has 0 bridgehead atoms. The number of nitrogens with one attached hydrogen (secondary N) is 2. The number of carbonyl (C=O) groups excluding carboxylic acids is 4. The van der Waals surface area contributed by atoms with Crippen molar-refractivity contribution in [2.75, 3.05) is 38.7 Å². The number of esters is 1. The predicted octanol–water partition coefficient (Wildman–Crippen LogP) is 2.39. The molecule has 12 heteroatoms. The summed E-state index contributed by atoms with van der Waals surface area (Å²) in [4.78, 5) is 55.0. The molecule has 1 aliphatic heterocycles. The molecule has 4 amide bonds. The second kappa shape index (κ2) is 13.8. The number of hydrogen-bond acceptors (Lipinski definition) is 8. The Labute approximate surface area is 198 Å². The lowest BCUT2D eigenvalue weighted by Gasteiger charge is -2.17. The molecule has 186 valence electrons. The number of amides is 4. The summed E-state index contributed by atoms with van der Waals surface area (Å²) in [6, 6.07) is 6.00. The zero-order chi connectivity index (χ0) is 24.9. The second-order valence-electron chi connectivity index (χ2n) is 7.85. The first-order valence-electron chi connectivity index (χ1n) is 11.2. The first-order chi connectivity index (χ1) is 16.3. The maximum absolute atomic E-state index is 12.7. The third-order valence-electron chi connectivity index (χ3n) is 4.93. The third-order valence-corrected chi connectivity index (χ3v) is 4.93. The van der Waals surface area contributed by atoms with Gasteiger partial charge in [0.2, 0.25) is 5.91 Å². The van der Waals surface area contributed by atoms with E-state index in [2.05, 4.69) is 25.9 Å². The fourth-order valence-corrected chi connectivity index (χ4v) is 3.00. The highest BCUT2D eigenvalue weighted by molar-refractivity contribution is 6.01. The Morgan fingerprint density at radius 3 is 2.62 bits per heavy atom. The molecule has 0 aliphatic carbocycles. The van der Waals surface area contributed by atoms with Crippen LogP contribution in [0.4, 0.5) is 15.3 Å². The quantitative estimate of drug-likeness (QED) is 0.217. The molecular formula is C22H32N6O6. The first kappa shape index (κ1) is 26.6. The van der Waals surface area contributed by atoms with Gasteiger partial charge in [-0.3, -0.25) is 14.4 Å². The number of anilines is 1. The van der Waals surface area contributed by atoms with Crippen LogP contribution in [0.15, 0.2) is 34.7 Å². The van der Waals surface area contributed by atoms with Crippen LogP contribution < -0.4 is 15.5 Å². The SMILES string of the molecule is CCCCOC(=O)CCNC(=O)N[C@H]1CCN(c2ccc(CN=NOC(=O)N(C)C)cc2)C1=O. The van der Waals surface area contributed by atoms with Crippen molar-refractivity contribution in [3.05, 3.63) is 29.8 Å². The Morgan fingerprint density at radius 2 is 1.94 bits per heavy atom. The fourth-order valence-electron chi connectivity index (χ4n) is 3.00. The van der Waals surface area contributed by atoms with Gasteiger partial charge in [-0.15, -0.1) is 5.11 Å². The number of carbonyl (C=O) groups is 4. The van der Waals surface area contributed by atoms with Crippen LogP contribution in [0.5, 0.6) is 0 Å². The number of ether oxygens (including phenoxy) is 1. The maximum atomic E-state index is 12.7. The normalized spacial score (nSPS) is 15.3. The summed E-state index contributed by atoms with van der Waals surface area (Å²) in [6.07, 6.45) is 1.67. The smallest absolute Gasteiger partial charge is 0.436 e. The Balaban J connectivity index is 1.74. The zero-order valence-corrected chi connectivity index (χ0v) is 19.8. The van der Waals surface area contributed by atoms with Gasteiger partial charge in [-0.25, -0.2) is 9.59 Å². The number of nitrogens with zero attached hydrogens (tertiary/aromatic N) is 4. The molecule has 0 unspecified atom stereocenters. The Hall–Kier alpha value is -3.70. The molecule has 0 aromatic heterocycles. The highest BCUT2D eigenvalue weighted by atomic mass is 16.7. The van der Waals surface area contributed by atoms with Gasteiger partial charge in [0.15, 0.2) is 0 Å². The number of benzene rings is 1. The van der Waals surface area contributed by atoms with E-state index in [1.807, 2.05) is 6.92 Å². The number of unbranched alkanes of at least 4 members (excludes halogenated alkanes) is 1. The number of hydrogen-bond donors (Lipinski definition) is 2. The third kappa shape index (κ3) is 8.68. The maximum Gasteiger partial charge on any atom is 0.436 e. The summed E-state index contributed by atoms with van der Waals surface area (Å²) in [5.74, 6) is -0.575. The van der Waals surface area contributed by atoms with Crippen molar-refractivity contribution >= 4 is 29.7 Å². The largest absolute Gasteiger partial charge is 0.466 e. The van der Waals surface area contributed by atoms with Crippen LogP contribution in [0.25, 0.3) is 0 Å². The van der Waals surface area contributed by atoms with Crippen LogP contribution in [0.1, 0.15) is 38.2 Å². The van der Waals surface area contributed by atoms with Gasteiger partial charge in [-0.2, -0.15) is 0 Å². The molecule has 1 atom stereocenters. The summed E-state index contributed by atoms with van der Waals surface area (Å²) in [6.45, 7) is 3.20. The summed E-state index contributed by atoms with van der Waals surface area (Å²) in [7, 11) is 3.08. The van der Waals surface area contributed by atoms with Crippen molar-refractivity contribution in [2.24, 2.45) is 10.4 Å². The topological polar surface area (TPSA) is 142 Å². The molecule has 2 rings (SSSR count). The summed E-state index contributed by atoms with van der Waals surface area (Å²) in [5.41, 5.74) is 1.52. The van der Waals surface area contributed by atoms with Crippen molar-refractivity contribution in [3.63, 3.8) is 0 Å². The van der Waals surface area contributed by atoms with Crippen LogP contribution >= 0.6 is 0 Å². The number of rotatable bonds is 11. The molecule has 1 heterocycles. The van der Waals surface area contributed by atoms with E-state index < -0.39 is 18.2 Å². The number of urea groups is 1. The van der Waals surface area contributed by atoms with Crippen LogP contribution in [-0.4, -0.2) is 68.7 Å². The Morgan fingerprint density at radius 1 is 1.21 bits per heavy atom. The molecule has 34 heavy (non-hydrogen) atoms. The minimum absolute atomic E-state index is 0.0753. The van der Waals surface area contributed by atoms with Gasteiger partial charge >= 0.3 is 18.1 Å². The first-order valence-corrected chi connectivity index (χ1v) is 11.2. The van der Waals surface area contributed by atoms with E-state index in [0.29, 0.717) is 25.3 Å². The van der Waals surface area contributed by atoms with Gasteiger partial charge in [-0.1, -0.05) is 25.5 Å². The summed E-state index contributed by atoms with van der Waals surface area (Å²) in [5, 5.41) is 12.4. The molecule has 1 aromatic carbocycles. The Kier molecular flexibility index (Phi) is 10.7. The predicted molar refractivity (Wildman–Crippen MR) is 123 cm³/mol. The molecule has 1 fully saturated rings. The fraction of sp³-hybridized carbons (Fsp3) is 0.545. The van der Waals surface area contributed by atoms with E-state index >= 15 is 0 Å². The van der Waals surface area contributed by atoms with E-state index in [1.165, 1.54) is 19.0 Å². The molecule has 2 N–H and O–H groups in total. The molecule has 0 spiro atoms. The van der Waals surface area contributed by atoms with E-state index in [0.717, 1.165) is 18.4 Å². The zero-order valence-electron chi connectivity index (χ0n) is 19.8. The van der Waals surface area contributed by atoms with E-state index in [1.54, 1.807) is 29.2 Å². The van der Waals surface area contributed by atoms with Crippen molar-refractivity contribution in [2.45, 2.75) is 45.2 Å². The van der Waals surface area contributed by atoms with Crippen molar-refractivity contribution < 1.29 is 28.8 Å². The highest BCUT2D eigenvalue weighted by Crippen LogP contribution is 2.22. The van der Waals surface area contributed by atoms with Crippen molar-refractivity contribution in [3.8, 4) is 0 Å². The second-order valence-corrected chi connectivity index (χ2v) is 7.85. The molecular weight excluding hydrogens is 444 g/mol. The van der Waals surface area contributed by atoms with Gasteiger partial charge in [0, 0.05) is 38.1 Å². The van der Waals surface area contributed by atoms with Crippen LogP contribution in [0.2, 0.25) is 0 Å². The van der Waals surface area contributed by atoms with Crippen molar-refractivity contribution in [1.29, 1.82) is 0 Å². The molecule has 0 saturated carbocycles. The van der Waals surface area contributed by atoms with E-state index in [4.69, 9.17) is 4.74 Å². The van der Waals surface area contributed by atoms with E-state index in [-0.39, 0.29) is 31.4 Å². The monoisotopic (exact) mass is 476 g/mol. The van der Waals surface area contributed by atoms with Crippen LogP contribution in [0, 0.1) is 0 Å². The summed E-state index contributed by atoms with van der Waals surface area (Å²) >= 11 is 0. The molecule has 1 saturated heterocycles. The van der Waals surface area contributed by atoms with E-state index in [9.17, 15) is 19.2 Å². The van der Waals surface area contributed by atoms with Gasteiger partial charge in [0.05, 0.1) is 19.6 Å². The van der Waals surface area contributed by atoms with Crippen LogP contribution in [-0.2, 0) is 25.7 Å². The van der Waals surface area contributed by atoms with Crippen molar-refractivity contribution in [1.82, 2.24) is 15.5 Å². The average Bonchev–Trinajstić information content (AvgIpc) is 3.17. The van der Waals surface area contributed by atoms with Gasteiger partial charge < -0.3 is 25.2 Å². The highest BCUT2D eigenvalue weighted by Gasteiger charge is 2.33. The lowest BCUT2D eigenvalue weighted by Crippen LogP contribution is -2.46. The van der Waals surface area contributed by atoms with Gasteiger partial charge in [0.1, 0.15) is 6.04 Å². The molecule has 1 aliphatic rings. The molecule has 1 aromatic rings. The minimum Gasteiger partial charge on any atom is -0.466 e. The lowest BCUT2D eigenvalue weighted by molar-refractivity contribution is -0.143. The van der Waals surface area contributed by atoms with Gasteiger partial charge in [-0.05, 0) is 30.5 Å². The van der Waals surface area contributed by atoms with Gasteiger partial charge in [0.25, 0.3) is 0 Å².